The third kappa shape index (κ3) is 16.6. The van der Waals surface area contributed by atoms with Crippen molar-refractivity contribution in [2.75, 3.05) is 6.54 Å². The molecule has 6 nitrogen and oxygen atoms in total. The van der Waals surface area contributed by atoms with E-state index in [2.05, 4.69) is 5.32 Å². The van der Waals surface area contributed by atoms with Crippen molar-refractivity contribution in [2.24, 2.45) is 0 Å². The van der Waals surface area contributed by atoms with E-state index in [0.717, 1.165) is 19.4 Å². The van der Waals surface area contributed by atoms with Gasteiger partial charge >= 0.3 is 33.5 Å². The minimum Gasteiger partial charge on any atom is -0.356 e. The predicted octanol–water partition coefficient (Wildman–Crippen LogP) is -1.67. The van der Waals surface area contributed by atoms with Crippen molar-refractivity contribution in [3.8, 4) is 0 Å². The largest absolute Gasteiger partial charge is 0.394 e. The highest BCUT2D eigenvalue weighted by molar-refractivity contribution is 7.79. The topological polar surface area (TPSA) is 104 Å². The standard InChI is InChI=1S/C4H7NO.Mg.H2O4S.2H/c6-4-2-1-3-5-4;;1-5(2,3)4;;/h1-3H2,(H,5,6);;(H2,1,2,3,4);;. The first-order valence-electron chi connectivity index (χ1n) is 2.86. The smallest absolute Gasteiger partial charge is 0.356 e. The minimum atomic E-state index is -4.67. The van der Waals surface area contributed by atoms with Gasteiger partial charge in [-0.1, -0.05) is 0 Å². The summed E-state index contributed by atoms with van der Waals surface area (Å²) < 4.78 is 31.6. The molecule has 0 aliphatic carbocycles. The average molecular weight is 210 g/mol. The normalized spacial score (nSPS) is 15.3. The van der Waals surface area contributed by atoms with E-state index in [-0.39, 0.29) is 29.0 Å². The fourth-order valence-electron chi connectivity index (χ4n) is 0.565. The van der Waals surface area contributed by atoms with Crippen LogP contribution in [0.5, 0.6) is 0 Å². The molecular weight excluding hydrogens is 198 g/mol. The third-order valence-electron chi connectivity index (χ3n) is 0.903. The van der Waals surface area contributed by atoms with E-state index in [1.54, 1.807) is 0 Å². The zero-order valence-electron chi connectivity index (χ0n) is 5.65. The van der Waals surface area contributed by atoms with Gasteiger partial charge in [0.15, 0.2) is 0 Å². The van der Waals surface area contributed by atoms with Gasteiger partial charge in [-0.15, -0.1) is 0 Å². The summed E-state index contributed by atoms with van der Waals surface area (Å²) >= 11 is 0. The van der Waals surface area contributed by atoms with Gasteiger partial charge in [-0.2, -0.15) is 8.42 Å². The molecule has 0 bridgehead atoms. The first kappa shape index (κ1) is 14.6. The van der Waals surface area contributed by atoms with E-state index >= 15 is 0 Å². The van der Waals surface area contributed by atoms with Gasteiger partial charge in [-0.25, -0.2) is 0 Å². The number of carbonyl (C=O) groups is 1. The Bertz CT molecular complexity index is 210. The Balaban J connectivity index is 0. The van der Waals surface area contributed by atoms with Crippen LogP contribution in [0.1, 0.15) is 12.8 Å². The third-order valence-corrected chi connectivity index (χ3v) is 0.903. The molecule has 1 amide bonds. The number of hydrogen-bond donors (Lipinski definition) is 3. The molecule has 1 fully saturated rings. The number of carbonyl (C=O) groups excluding carboxylic acids is 1. The fraction of sp³-hybridized carbons (Fsp3) is 0.750. The second-order valence-corrected chi connectivity index (χ2v) is 2.80. The summed E-state index contributed by atoms with van der Waals surface area (Å²) in [7, 11) is -4.67. The fourth-order valence-corrected chi connectivity index (χ4v) is 0.565. The Hall–Kier alpha value is 0.106. The van der Waals surface area contributed by atoms with Crippen LogP contribution in [0.3, 0.4) is 0 Å². The molecule has 1 saturated heterocycles. The van der Waals surface area contributed by atoms with Crippen molar-refractivity contribution in [1.82, 2.24) is 5.32 Å². The van der Waals surface area contributed by atoms with Crippen molar-refractivity contribution in [2.45, 2.75) is 12.8 Å². The van der Waals surface area contributed by atoms with Gasteiger partial charge in [-0.3, -0.25) is 13.9 Å². The van der Waals surface area contributed by atoms with Gasteiger partial charge in [0.1, 0.15) is 0 Å². The lowest BCUT2D eigenvalue weighted by molar-refractivity contribution is -0.119. The molecule has 0 aromatic rings. The van der Waals surface area contributed by atoms with Crippen molar-refractivity contribution in [3.05, 3.63) is 0 Å². The van der Waals surface area contributed by atoms with Crippen LogP contribution in [0.2, 0.25) is 0 Å². The van der Waals surface area contributed by atoms with Gasteiger partial charge in [0.05, 0.1) is 0 Å². The van der Waals surface area contributed by atoms with Crippen LogP contribution >= 0.6 is 0 Å². The summed E-state index contributed by atoms with van der Waals surface area (Å²) in [6, 6.07) is 0. The molecule has 0 aromatic heterocycles. The van der Waals surface area contributed by atoms with Crippen LogP contribution in [-0.2, 0) is 15.2 Å². The maximum Gasteiger partial charge on any atom is 0.394 e. The van der Waals surface area contributed by atoms with Crippen LogP contribution in [0.15, 0.2) is 0 Å². The lowest BCUT2D eigenvalue weighted by Crippen LogP contribution is -2.12. The zero-order valence-corrected chi connectivity index (χ0v) is 6.47. The van der Waals surface area contributed by atoms with Crippen LogP contribution in [0.4, 0.5) is 0 Å². The van der Waals surface area contributed by atoms with Gasteiger partial charge in [-0.05, 0) is 6.42 Å². The highest BCUT2D eigenvalue weighted by atomic mass is 32.3. The summed E-state index contributed by atoms with van der Waals surface area (Å²) in [6.07, 6.45) is 1.76. The molecule has 0 aromatic carbocycles. The van der Waals surface area contributed by atoms with Crippen molar-refractivity contribution in [1.29, 1.82) is 0 Å². The molecule has 0 atom stereocenters. The summed E-state index contributed by atoms with van der Waals surface area (Å²) in [4.78, 5) is 10.1. The maximum absolute atomic E-state index is 10.1. The molecule has 0 unspecified atom stereocenters. The van der Waals surface area contributed by atoms with E-state index in [9.17, 15) is 4.79 Å². The Morgan fingerprint density at radius 2 is 1.75 bits per heavy atom. The molecule has 0 saturated carbocycles. The molecule has 1 heterocycles. The summed E-state index contributed by atoms with van der Waals surface area (Å²) in [6.45, 7) is 0.888. The molecule has 12 heavy (non-hydrogen) atoms. The van der Waals surface area contributed by atoms with E-state index in [1.165, 1.54) is 0 Å². The van der Waals surface area contributed by atoms with Gasteiger partial charge < -0.3 is 5.32 Å². The Labute approximate surface area is 86.4 Å². The van der Waals surface area contributed by atoms with E-state index < -0.39 is 10.4 Å². The van der Waals surface area contributed by atoms with Crippen LogP contribution in [-0.4, -0.2) is 53.0 Å². The lowest BCUT2D eigenvalue weighted by Gasteiger charge is -1.80. The summed E-state index contributed by atoms with van der Waals surface area (Å²) in [5.41, 5.74) is 0. The van der Waals surface area contributed by atoms with Crippen molar-refractivity contribution >= 4 is 39.4 Å². The minimum absolute atomic E-state index is 0. The first-order valence-corrected chi connectivity index (χ1v) is 4.26. The molecular formula is C4H11MgNO5S. The van der Waals surface area contributed by atoms with Gasteiger partial charge in [0.2, 0.25) is 5.91 Å². The Kier molecular flexibility index (Phi) is 8.05. The first-order chi connectivity index (χ1) is 4.89. The van der Waals surface area contributed by atoms with E-state index in [1.807, 2.05) is 0 Å². The SMILES string of the molecule is O=C1CCCN1.O=S(=O)(O)O.[MgH2]. The average Bonchev–Trinajstić information content (AvgIpc) is 2.12. The molecule has 0 radical (unpaired) electrons. The summed E-state index contributed by atoms with van der Waals surface area (Å²) in [5, 5.41) is 2.68. The van der Waals surface area contributed by atoms with Gasteiger partial charge in [0, 0.05) is 13.0 Å². The number of rotatable bonds is 0. The van der Waals surface area contributed by atoms with E-state index in [0.29, 0.717) is 0 Å². The second kappa shape index (κ2) is 6.60. The molecule has 0 spiro atoms. The molecule has 1 aliphatic heterocycles. The molecule has 3 N–H and O–H groups in total. The van der Waals surface area contributed by atoms with Crippen LogP contribution < -0.4 is 5.32 Å². The maximum atomic E-state index is 10.1. The second-order valence-electron chi connectivity index (χ2n) is 1.90. The van der Waals surface area contributed by atoms with Crippen molar-refractivity contribution < 1.29 is 22.3 Å². The summed E-state index contributed by atoms with van der Waals surface area (Å²) in [5.74, 6) is 0.204. The predicted molar refractivity (Wildman–Crippen MR) is 45.0 cm³/mol. The number of hydrogen-bond acceptors (Lipinski definition) is 3. The van der Waals surface area contributed by atoms with Crippen molar-refractivity contribution in [3.63, 3.8) is 0 Å². The molecule has 70 valence electrons. The van der Waals surface area contributed by atoms with Gasteiger partial charge in [0.25, 0.3) is 0 Å². The zero-order chi connectivity index (χ0) is 8.91. The van der Waals surface area contributed by atoms with Crippen LogP contribution in [0, 0.1) is 0 Å². The Morgan fingerprint density at radius 1 is 1.33 bits per heavy atom. The monoisotopic (exact) mass is 209 g/mol. The molecule has 1 rings (SSSR count). The molecule has 1 aliphatic rings. The van der Waals surface area contributed by atoms with Crippen LogP contribution in [0.25, 0.3) is 0 Å². The number of amides is 1. The molecule has 8 heteroatoms. The highest BCUT2D eigenvalue weighted by Gasteiger charge is 2.05. The Morgan fingerprint density at radius 3 is 1.83 bits per heavy atom. The lowest BCUT2D eigenvalue weighted by atomic mass is 10.4. The quantitative estimate of drug-likeness (QED) is 0.327. The highest BCUT2D eigenvalue weighted by Crippen LogP contribution is 1.93. The van der Waals surface area contributed by atoms with E-state index in [4.69, 9.17) is 17.5 Å². The number of nitrogens with one attached hydrogen (secondary N) is 1.